The van der Waals surface area contributed by atoms with E-state index in [1.54, 1.807) is 6.08 Å². The Bertz CT molecular complexity index is 732. The summed E-state index contributed by atoms with van der Waals surface area (Å²) in [7, 11) is 1.95. The van der Waals surface area contributed by atoms with Gasteiger partial charge < -0.3 is 15.8 Å². The van der Waals surface area contributed by atoms with Gasteiger partial charge in [0.05, 0.1) is 0 Å². The number of nitrogens with two attached hydrogens (primary N) is 1. The second kappa shape index (κ2) is 7.54. The average molecular weight is 308 g/mol. The lowest BCUT2D eigenvalue weighted by Crippen LogP contribution is -2.04. The van der Waals surface area contributed by atoms with Crippen LogP contribution >= 0.6 is 0 Å². The van der Waals surface area contributed by atoms with Gasteiger partial charge in [-0.25, -0.2) is 0 Å². The van der Waals surface area contributed by atoms with E-state index in [1.165, 1.54) is 5.56 Å². The quantitative estimate of drug-likeness (QED) is 0.458. The molecule has 0 amide bonds. The van der Waals surface area contributed by atoms with E-state index in [-0.39, 0.29) is 0 Å². The monoisotopic (exact) mass is 308 g/mol. The molecule has 2 aromatic rings. The minimum Gasteiger partial charge on any atom is -0.457 e. The van der Waals surface area contributed by atoms with Crippen LogP contribution in [0.25, 0.3) is 5.76 Å². The Kier molecular flexibility index (Phi) is 5.47. The van der Waals surface area contributed by atoms with Crippen molar-refractivity contribution in [3.8, 4) is 5.75 Å². The number of ether oxygens (including phenoxy) is 1. The SMILES string of the molecule is C=CC=C(Oc1cccc(N)c1)c1ccc(CC)c(NC)c1C. The van der Waals surface area contributed by atoms with Gasteiger partial charge in [0.2, 0.25) is 0 Å². The van der Waals surface area contributed by atoms with Crippen molar-refractivity contribution in [2.75, 3.05) is 18.1 Å². The molecule has 3 N–H and O–H groups in total. The standard InChI is InChI=1S/C20H24N2O/c1-5-8-19(23-17-10-7-9-16(21)13-17)18-12-11-15(6-2)20(22-4)14(18)3/h5,7-13,22H,1,6,21H2,2-4H3. The van der Waals surface area contributed by atoms with Crippen molar-refractivity contribution in [2.24, 2.45) is 0 Å². The third-order valence-electron chi connectivity index (χ3n) is 3.80. The van der Waals surface area contributed by atoms with Gasteiger partial charge in [0, 0.05) is 30.1 Å². The van der Waals surface area contributed by atoms with Crippen molar-refractivity contribution < 1.29 is 4.74 Å². The van der Waals surface area contributed by atoms with Crippen molar-refractivity contribution in [1.82, 2.24) is 0 Å². The van der Waals surface area contributed by atoms with E-state index in [0.29, 0.717) is 11.4 Å². The fourth-order valence-electron chi connectivity index (χ4n) is 2.67. The highest BCUT2D eigenvalue weighted by molar-refractivity contribution is 5.73. The van der Waals surface area contributed by atoms with Crippen LogP contribution in [0.1, 0.15) is 23.6 Å². The van der Waals surface area contributed by atoms with Crippen molar-refractivity contribution in [2.45, 2.75) is 20.3 Å². The zero-order valence-electron chi connectivity index (χ0n) is 14.0. The number of hydrogen-bond donors (Lipinski definition) is 2. The molecular formula is C20H24N2O. The molecule has 120 valence electrons. The van der Waals surface area contributed by atoms with Crippen LogP contribution in [-0.2, 0) is 6.42 Å². The highest BCUT2D eigenvalue weighted by atomic mass is 16.5. The Labute approximate surface area is 138 Å². The van der Waals surface area contributed by atoms with Gasteiger partial charge in [0.1, 0.15) is 11.5 Å². The minimum absolute atomic E-state index is 0.675. The van der Waals surface area contributed by atoms with Crippen molar-refractivity contribution in [3.63, 3.8) is 0 Å². The van der Waals surface area contributed by atoms with Gasteiger partial charge >= 0.3 is 0 Å². The minimum atomic E-state index is 0.675. The number of anilines is 2. The number of aryl methyl sites for hydroxylation is 1. The van der Waals surface area contributed by atoms with Crippen molar-refractivity contribution in [1.29, 1.82) is 0 Å². The van der Waals surface area contributed by atoms with Gasteiger partial charge in [-0.15, -0.1) is 0 Å². The van der Waals surface area contributed by atoms with Crippen molar-refractivity contribution >= 4 is 17.1 Å². The van der Waals surface area contributed by atoms with Gasteiger partial charge in [0.15, 0.2) is 0 Å². The van der Waals surface area contributed by atoms with Gasteiger partial charge in [-0.05, 0) is 42.7 Å². The van der Waals surface area contributed by atoms with E-state index in [4.69, 9.17) is 10.5 Å². The van der Waals surface area contributed by atoms with Gasteiger partial charge in [0.25, 0.3) is 0 Å². The molecule has 0 unspecified atom stereocenters. The van der Waals surface area contributed by atoms with Crippen LogP contribution in [0.5, 0.6) is 5.75 Å². The van der Waals surface area contributed by atoms with E-state index in [0.717, 1.165) is 29.0 Å². The molecule has 0 aliphatic heterocycles. The summed E-state index contributed by atoms with van der Waals surface area (Å²) in [5.74, 6) is 1.46. The summed E-state index contributed by atoms with van der Waals surface area (Å²) in [6, 6.07) is 11.6. The van der Waals surface area contributed by atoms with Crippen LogP contribution in [-0.4, -0.2) is 7.05 Å². The zero-order valence-corrected chi connectivity index (χ0v) is 14.0. The second-order valence-corrected chi connectivity index (χ2v) is 5.32. The third-order valence-corrected chi connectivity index (χ3v) is 3.80. The molecule has 0 aromatic heterocycles. The molecule has 0 saturated carbocycles. The van der Waals surface area contributed by atoms with Crippen LogP contribution in [0.3, 0.4) is 0 Å². The first-order valence-corrected chi connectivity index (χ1v) is 7.77. The van der Waals surface area contributed by atoms with E-state index in [2.05, 4.69) is 37.9 Å². The molecule has 0 heterocycles. The molecule has 0 atom stereocenters. The average Bonchev–Trinajstić information content (AvgIpc) is 2.54. The maximum absolute atomic E-state index is 6.06. The molecule has 23 heavy (non-hydrogen) atoms. The summed E-state index contributed by atoms with van der Waals surface area (Å²) < 4.78 is 6.06. The molecular weight excluding hydrogens is 284 g/mol. The Balaban J connectivity index is 2.46. The smallest absolute Gasteiger partial charge is 0.134 e. The number of hydrogen-bond acceptors (Lipinski definition) is 3. The number of rotatable bonds is 6. The Hall–Kier alpha value is -2.68. The lowest BCUT2D eigenvalue weighted by atomic mass is 9.98. The maximum Gasteiger partial charge on any atom is 0.134 e. The Morgan fingerprint density at radius 1 is 1.30 bits per heavy atom. The predicted molar refractivity (Wildman–Crippen MR) is 99.8 cm³/mol. The van der Waals surface area contributed by atoms with Crippen LogP contribution in [0, 0.1) is 6.92 Å². The summed E-state index contributed by atoms with van der Waals surface area (Å²) in [5, 5.41) is 3.30. The molecule has 0 aliphatic rings. The van der Waals surface area contributed by atoms with Gasteiger partial charge in [-0.1, -0.05) is 37.8 Å². The first-order chi connectivity index (χ1) is 11.1. The highest BCUT2D eigenvalue weighted by Gasteiger charge is 2.13. The number of benzene rings is 2. The molecule has 3 heteroatoms. The summed E-state index contributed by atoms with van der Waals surface area (Å²) in [4.78, 5) is 0. The topological polar surface area (TPSA) is 47.3 Å². The zero-order chi connectivity index (χ0) is 16.8. The first-order valence-electron chi connectivity index (χ1n) is 7.77. The molecule has 0 fully saturated rings. The molecule has 3 nitrogen and oxygen atoms in total. The lowest BCUT2D eigenvalue weighted by molar-refractivity contribution is 0.515. The first kappa shape index (κ1) is 16.7. The predicted octanol–water partition coefficient (Wildman–Crippen LogP) is 4.79. The summed E-state index contributed by atoms with van der Waals surface area (Å²) in [6.45, 7) is 8.04. The Morgan fingerprint density at radius 3 is 2.70 bits per heavy atom. The van der Waals surface area contributed by atoms with E-state index >= 15 is 0 Å². The fourth-order valence-corrected chi connectivity index (χ4v) is 2.67. The summed E-state index contributed by atoms with van der Waals surface area (Å²) in [6.07, 6.45) is 4.58. The molecule has 2 rings (SSSR count). The normalized spacial score (nSPS) is 11.2. The van der Waals surface area contributed by atoms with Gasteiger partial charge in [-0.3, -0.25) is 0 Å². The molecule has 0 spiro atoms. The number of nitrogen functional groups attached to an aromatic ring is 1. The second-order valence-electron chi connectivity index (χ2n) is 5.32. The highest BCUT2D eigenvalue weighted by Crippen LogP contribution is 2.31. The summed E-state index contributed by atoms with van der Waals surface area (Å²) in [5.41, 5.74) is 11.1. The molecule has 0 aliphatic carbocycles. The summed E-state index contributed by atoms with van der Waals surface area (Å²) >= 11 is 0. The van der Waals surface area contributed by atoms with E-state index < -0.39 is 0 Å². The van der Waals surface area contributed by atoms with Crippen LogP contribution in [0.15, 0.2) is 55.1 Å². The molecule has 0 bridgehead atoms. The van der Waals surface area contributed by atoms with Crippen LogP contribution < -0.4 is 15.8 Å². The number of nitrogens with one attached hydrogen (secondary N) is 1. The molecule has 0 radical (unpaired) electrons. The maximum atomic E-state index is 6.06. The molecule has 2 aromatic carbocycles. The van der Waals surface area contributed by atoms with E-state index in [1.807, 2.05) is 37.4 Å². The number of allylic oxidation sites excluding steroid dienone is 2. The largest absolute Gasteiger partial charge is 0.457 e. The van der Waals surface area contributed by atoms with Crippen LogP contribution in [0.4, 0.5) is 11.4 Å². The van der Waals surface area contributed by atoms with E-state index in [9.17, 15) is 0 Å². The Morgan fingerprint density at radius 2 is 2.09 bits per heavy atom. The third kappa shape index (κ3) is 3.75. The lowest BCUT2D eigenvalue weighted by Gasteiger charge is -2.18. The van der Waals surface area contributed by atoms with Crippen molar-refractivity contribution in [3.05, 3.63) is 71.8 Å². The van der Waals surface area contributed by atoms with Gasteiger partial charge in [-0.2, -0.15) is 0 Å². The van der Waals surface area contributed by atoms with Crippen LogP contribution in [0.2, 0.25) is 0 Å². The molecule has 0 saturated heterocycles. The fraction of sp³-hybridized carbons (Fsp3) is 0.200.